The lowest BCUT2D eigenvalue weighted by Crippen LogP contribution is -2.11. The molecule has 0 spiro atoms. The Bertz CT molecular complexity index is 112. The van der Waals surface area contributed by atoms with Crippen LogP contribution in [0.25, 0.3) is 0 Å². The van der Waals surface area contributed by atoms with Crippen LogP contribution >= 0.6 is 22.9 Å². The molecule has 1 N–H and O–H groups in total. The lowest BCUT2D eigenvalue weighted by atomic mass is 10.1. The van der Waals surface area contributed by atoms with Crippen molar-refractivity contribution in [2.24, 2.45) is 5.92 Å². The lowest BCUT2D eigenvalue weighted by molar-refractivity contribution is 0.648. The third-order valence-electron chi connectivity index (χ3n) is 1.16. The molecule has 0 saturated carbocycles. The molecule has 52 valence electrons. The smallest absolute Gasteiger partial charge is 0.0333 e. The van der Waals surface area contributed by atoms with Crippen LogP contribution in [0.2, 0.25) is 0 Å². The van der Waals surface area contributed by atoms with E-state index in [-0.39, 0.29) is 0 Å². The molecular weight excluding hydrogens is 225 g/mol. The van der Waals surface area contributed by atoms with Crippen LogP contribution in [0.15, 0.2) is 0 Å². The first-order chi connectivity index (χ1) is 4.35. The van der Waals surface area contributed by atoms with E-state index in [9.17, 15) is 0 Å². The van der Waals surface area contributed by atoms with Gasteiger partial charge in [0.15, 0.2) is 0 Å². The van der Waals surface area contributed by atoms with Gasteiger partial charge in [0, 0.05) is 35.3 Å². The first-order valence-electron chi connectivity index (χ1n) is 3.10. The molecule has 0 aliphatic rings. The molecule has 0 amide bonds. The van der Waals surface area contributed by atoms with Crippen molar-refractivity contribution in [2.75, 3.05) is 6.54 Å². The zero-order chi connectivity index (χ0) is 7.11. The summed E-state index contributed by atoms with van der Waals surface area (Å²) in [6, 6.07) is 0. The summed E-state index contributed by atoms with van der Waals surface area (Å²) in [6.45, 7) is 5.04. The van der Waals surface area contributed by atoms with Crippen LogP contribution in [0.3, 0.4) is 0 Å². The number of hydrogen-bond acceptors (Lipinski definition) is 1. The standard InChI is InChI=1S/C7H12IN/c1-3-5-7(4-2)6-9-8/h7,9H,4,6H2,1-2H3. The van der Waals surface area contributed by atoms with Crippen molar-refractivity contribution in [3.63, 3.8) is 0 Å². The lowest BCUT2D eigenvalue weighted by Gasteiger charge is -2.03. The van der Waals surface area contributed by atoms with E-state index in [1.54, 1.807) is 0 Å². The van der Waals surface area contributed by atoms with Gasteiger partial charge in [-0.05, 0) is 13.3 Å². The molecule has 9 heavy (non-hydrogen) atoms. The first kappa shape index (κ1) is 9.25. The van der Waals surface area contributed by atoms with Gasteiger partial charge in [0.05, 0.1) is 0 Å². The van der Waals surface area contributed by atoms with Crippen LogP contribution in [0.4, 0.5) is 0 Å². The van der Waals surface area contributed by atoms with Gasteiger partial charge in [0.25, 0.3) is 0 Å². The van der Waals surface area contributed by atoms with Crippen molar-refractivity contribution in [1.29, 1.82) is 0 Å². The number of hydrogen-bond donors (Lipinski definition) is 1. The van der Waals surface area contributed by atoms with Gasteiger partial charge in [-0.25, -0.2) is 0 Å². The van der Waals surface area contributed by atoms with E-state index in [1.807, 2.05) is 6.92 Å². The molecule has 0 bridgehead atoms. The Morgan fingerprint density at radius 3 is 2.67 bits per heavy atom. The van der Waals surface area contributed by atoms with E-state index in [1.165, 1.54) is 0 Å². The van der Waals surface area contributed by atoms with E-state index in [4.69, 9.17) is 0 Å². The Balaban J connectivity index is 3.50. The molecule has 0 aromatic carbocycles. The molecule has 0 fully saturated rings. The molecule has 2 heteroatoms. The van der Waals surface area contributed by atoms with Crippen LogP contribution in [0, 0.1) is 17.8 Å². The average Bonchev–Trinajstić information content (AvgIpc) is 1.88. The maximum Gasteiger partial charge on any atom is 0.0333 e. The molecule has 0 saturated heterocycles. The zero-order valence-electron chi connectivity index (χ0n) is 5.87. The van der Waals surface area contributed by atoms with Crippen LogP contribution in [-0.2, 0) is 0 Å². The Labute approximate surface area is 71.1 Å². The fourth-order valence-electron chi connectivity index (χ4n) is 0.595. The molecule has 1 atom stereocenters. The third-order valence-corrected chi connectivity index (χ3v) is 1.61. The van der Waals surface area contributed by atoms with E-state index in [0.29, 0.717) is 5.92 Å². The van der Waals surface area contributed by atoms with Crippen LogP contribution < -0.4 is 3.53 Å². The van der Waals surface area contributed by atoms with Gasteiger partial charge in [-0.2, -0.15) is 0 Å². The van der Waals surface area contributed by atoms with Crippen LogP contribution in [-0.4, -0.2) is 6.54 Å². The van der Waals surface area contributed by atoms with Crippen molar-refractivity contribution in [2.45, 2.75) is 20.3 Å². The van der Waals surface area contributed by atoms with Crippen molar-refractivity contribution in [3.05, 3.63) is 0 Å². The molecular formula is C7H12IN. The Hall–Kier alpha value is 0.250. The van der Waals surface area contributed by atoms with Gasteiger partial charge in [-0.3, -0.25) is 3.53 Å². The molecule has 0 rings (SSSR count). The van der Waals surface area contributed by atoms with Crippen LogP contribution in [0.5, 0.6) is 0 Å². The number of halogens is 1. The second kappa shape index (κ2) is 6.37. The Morgan fingerprint density at radius 1 is 1.67 bits per heavy atom. The van der Waals surface area contributed by atoms with Gasteiger partial charge in [-0.15, -0.1) is 5.92 Å². The fraction of sp³-hybridized carbons (Fsp3) is 0.714. The summed E-state index contributed by atoms with van der Waals surface area (Å²) >= 11 is 2.15. The predicted molar refractivity (Wildman–Crippen MR) is 49.3 cm³/mol. The summed E-state index contributed by atoms with van der Waals surface area (Å²) in [7, 11) is 0. The maximum atomic E-state index is 3.12. The summed E-state index contributed by atoms with van der Waals surface area (Å²) in [5, 5.41) is 0. The quantitative estimate of drug-likeness (QED) is 0.449. The largest absolute Gasteiger partial charge is 0.260 e. The molecule has 0 aliphatic heterocycles. The molecule has 1 nitrogen and oxygen atoms in total. The minimum Gasteiger partial charge on any atom is -0.260 e. The summed E-state index contributed by atoms with van der Waals surface area (Å²) in [5.41, 5.74) is 0. The second-order valence-corrected chi connectivity index (χ2v) is 2.60. The minimum atomic E-state index is 0.534. The highest BCUT2D eigenvalue weighted by molar-refractivity contribution is 14.1. The van der Waals surface area contributed by atoms with Gasteiger partial charge >= 0.3 is 0 Å². The number of nitrogens with one attached hydrogen (secondary N) is 1. The van der Waals surface area contributed by atoms with Crippen molar-refractivity contribution in [1.82, 2.24) is 3.53 Å². The monoisotopic (exact) mass is 237 g/mol. The van der Waals surface area contributed by atoms with Gasteiger partial charge < -0.3 is 0 Å². The maximum absolute atomic E-state index is 3.12. The van der Waals surface area contributed by atoms with E-state index in [0.717, 1.165) is 13.0 Å². The van der Waals surface area contributed by atoms with E-state index >= 15 is 0 Å². The highest BCUT2D eigenvalue weighted by Crippen LogP contribution is 1.98. The first-order valence-corrected chi connectivity index (χ1v) is 4.18. The van der Waals surface area contributed by atoms with Crippen molar-refractivity contribution >= 4 is 22.9 Å². The minimum absolute atomic E-state index is 0.534. The summed E-state index contributed by atoms with van der Waals surface area (Å²) in [4.78, 5) is 0. The molecule has 0 aliphatic carbocycles. The summed E-state index contributed by atoms with van der Waals surface area (Å²) in [6.07, 6.45) is 1.14. The summed E-state index contributed by atoms with van der Waals surface area (Å²) < 4.78 is 3.07. The molecule has 1 unspecified atom stereocenters. The fourth-order valence-corrected chi connectivity index (χ4v) is 1.13. The van der Waals surface area contributed by atoms with E-state index in [2.05, 4.69) is 45.2 Å². The topological polar surface area (TPSA) is 12.0 Å². The molecule has 0 heterocycles. The molecule has 0 aromatic rings. The van der Waals surface area contributed by atoms with Gasteiger partial charge in [0.1, 0.15) is 0 Å². The van der Waals surface area contributed by atoms with Crippen molar-refractivity contribution < 1.29 is 0 Å². The Morgan fingerprint density at radius 2 is 2.33 bits per heavy atom. The molecule has 0 aromatic heterocycles. The third kappa shape index (κ3) is 4.73. The molecule has 0 radical (unpaired) electrons. The zero-order valence-corrected chi connectivity index (χ0v) is 8.03. The van der Waals surface area contributed by atoms with Gasteiger partial charge in [0.2, 0.25) is 0 Å². The highest BCUT2D eigenvalue weighted by atomic mass is 127. The van der Waals surface area contributed by atoms with Crippen LogP contribution in [0.1, 0.15) is 20.3 Å². The number of rotatable bonds is 3. The highest BCUT2D eigenvalue weighted by Gasteiger charge is 1.97. The van der Waals surface area contributed by atoms with Crippen molar-refractivity contribution in [3.8, 4) is 11.8 Å². The predicted octanol–water partition coefficient (Wildman–Crippen LogP) is 1.98. The van der Waals surface area contributed by atoms with Gasteiger partial charge in [-0.1, -0.05) is 12.8 Å². The normalized spacial score (nSPS) is 11.9. The SMILES string of the molecule is CC#CC(CC)CNI. The van der Waals surface area contributed by atoms with E-state index < -0.39 is 0 Å². The second-order valence-electron chi connectivity index (χ2n) is 1.84. The average molecular weight is 237 g/mol. The Kier molecular flexibility index (Phi) is 6.55. The summed E-state index contributed by atoms with van der Waals surface area (Å²) in [5.74, 6) is 6.56.